The number of pyridine rings is 1. The number of hydrogen-bond donors (Lipinski definition) is 2. The lowest BCUT2D eigenvalue weighted by Crippen LogP contribution is -2.46. The number of rotatable bonds is 5. The molecular formula is C22H28N4O3. The van der Waals surface area contributed by atoms with Crippen molar-refractivity contribution in [2.75, 3.05) is 25.0 Å². The van der Waals surface area contributed by atoms with Gasteiger partial charge in [0.25, 0.3) is 5.91 Å². The first-order valence-corrected chi connectivity index (χ1v) is 10.0. The molecule has 0 unspecified atom stereocenters. The Morgan fingerprint density at radius 2 is 1.93 bits per heavy atom. The molecule has 1 aliphatic rings. The van der Waals surface area contributed by atoms with E-state index in [1.807, 2.05) is 19.1 Å². The van der Waals surface area contributed by atoms with Gasteiger partial charge in [0.15, 0.2) is 0 Å². The predicted octanol–water partition coefficient (Wildman–Crippen LogP) is 3.79. The van der Waals surface area contributed by atoms with Gasteiger partial charge in [-0.2, -0.15) is 0 Å². The summed E-state index contributed by atoms with van der Waals surface area (Å²) in [6.45, 7) is 7.40. The fourth-order valence-electron chi connectivity index (χ4n) is 3.39. The standard InChI is InChI=1S/C22H28N4O3/c1-4-29-22(28)26-13-10-17(11-14-26)24-21(27)18-8-6-12-23-20(18)25-19-9-5-7-15(2)16(19)3/h5-9,12,17H,4,10-11,13-14H2,1-3H3,(H,23,25)(H,24,27). The van der Waals surface area contributed by atoms with Crippen LogP contribution >= 0.6 is 0 Å². The van der Waals surface area contributed by atoms with Gasteiger partial charge in [-0.3, -0.25) is 4.79 Å². The summed E-state index contributed by atoms with van der Waals surface area (Å²) >= 11 is 0. The van der Waals surface area contributed by atoms with Crippen LogP contribution in [0.4, 0.5) is 16.3 Å². The van der Waals surface area contributed by atoms with E-state index in [0.717, 1.165) is 11.3 Å². The zero-order valence-electron chi connectivity index (χ0n) is 17.2. The maximum atomic E-state index is 12.9. The molecule has 2 N–H and O–H groups in total. The van der Waals surface area contributed by atoms with Crippen LogP contribution in [0.25, 0.3) is 0 Å². The monoisotopic (exact) mass is 396 g/mol. The first-order chi connectivity index (χ1) is 14.0. The first kappa shape index (κ1) is 20.6. The van der Waals surface area contributed by atoms with E-state index in [1.165, 1.54) is 5.56 Å². The molecule has 1 fully saturated rings. The van der Waals surface area contributed by atoms with Crippen molar-refractivity contribution >= 4 is 23.5 Å². The second kappa shape index (κ2) is 9.41. The zero-order chi connectivity index (χ0) is 20.8. The Balaban J connectivity index is 1.65. The minimum absolute atomic E-state index is 0.0157. The van der Waals surface area contributed by atoms with Crippen LogP contribution in [0, 0.1) is 13.8 Å². The molecule has 0 spiro atoms. The van der Waals surface area contributed by atoms with Crippen LogP contribution in [0.2, 0.25) is 0 Å². The number of ether oxygens (including phenoxy) is 1. The number of benzene rings is 1. The molecule has 2 heterocycles. The van der Waals surface area contributed by atoms with E-state index >= 15 is 0 Å². The summed E-state index contributed by atoms with van der Waals surface area (Å²) in [5, 5.41) is 6.38. The average Bonchev–Trinajstić information content (AvgIpc) is 2.72. The summed E-state index contributed by atoms with van der Waals surface area (Å²) in [5.74, 6) is 0.364. The quantitative estimate of drug-likeness (QED) is 0.803. The maximum Gasteiger partial charge on any atom is 0.409 e. The lowest BCUT2D eigenvalue weighted by molar-refractivity contribution is 0.0860. The number of anilines is 2. The lowest BCUT2D eigenvalue weighted by atomic mass is 10.0. The molecule has 0 atom stereocenters. The molecule has 29 heavy (non-hydrogen) atoms. The highest BCUT2D eigenvalue weighted by atomic mass is 16.6. The Hall–Kier alpha value is -3.09. The molecule has 0 saturated carbocycles. The van der Waals surface area contributed by atoms with Crippen molar-refractivity contribution in [1.82, 2.24) is 15.2 Å². The van der Waals surface area contributed by atoms with Crippen molar-refractivity contribution in [3.8, 4) is 0 Å². The second-order valence-corrected chi connectivity index (χ2v) is 7.21. The number of carbonyl (C=O) groups is 2. The van der Waals surface area contributed by atoms with Gasteiger partial charge in [0, 0.05) is 31.0 Å². The van der Waals surface area contributed by atoms with Crippen molar-refractivity contribution in [3.05, 3.63) is 53.2 Å². The Morgan fingerprint density at radius 1 is 1.17 bits per heavy atom. The zero-order valence-corrected chi connectivity index (χ0v) is 17.2. The molecule has 0 radical (unpaired) electrons. The molecule has 2 amide bonds. The third-order valence-electron chi connectivity index (χ3n) is 5.27. The highest BCUT2D eigenvalue weighted by molar-refractivity contribution is 5.99. The second-order valence-electron chi connectivity index (χ2n) is 7.21. The Bertz CT molecular complexity index is 876. The van der Waals surface area contributed by atoms with Crippen LogP contribution in [-0.2, 0) is 4.74 Å². The minimum Gasteiger partial charge on any atom is -0.450 e. The summed E-state index contributed by atoms with van der Waals surface area (Å²) in [6, 6.07) is 9.54. The first-order valence-electron chi connectivity index (χ1n) is 10.0. The summed E-state index contributed by atoms with van der Waals surface area (Å²) in [4.78, 5) is 30.8. The summed E-state index contributed by atoms with van der Waals surface area (Å²) in [6.07, 6.45) is 2.78. The number of carbonyl (C=O) groups excluding carboxylic acids is 2. The molecule has 0 aliphatic carbocycles. The number of aromatic nitrogens is 1. The van der Waals surface area contributed by atoms with Crippen LogP contribution in [0.5, 0.6) is 0 Å². The number of aryl methyl sites for hydroxylation is 1. The largest absolute Gasteiger partial charge is 0.450 e. The summed E-state index contributed by atoms with van der Waals surface area (Å²) in [5.41, 5.74) is 3.72. The van der Waals surface area contributed by atoms with Gasteiger partial charge < -0.3 is 20.3 Å². The van der Waals surface area contributed by atoms with E-state index < -0.39 is 0 Å². The van der Waals surface area contributed by atoms with Gasteiger partial charge in [-0.05, 0) is 62.9 Å². The van der Waals surface area contributed by atoms with Crippen molar-refractivity contribution in [3.63, 3.8) is 0 Å². The van der Waals surface area contributed by atoms with E-state index in [0.29, 0.717) is 43.9 Å². The van der Waals surface area contributed by atoms with E-state index in [1.54, 1.807) is 30.2 Å². The van der Waals surface area contributed by atoms with Gasteiger partial charge in [-0.15, -0.1) is 0 Å². The van der Waals surface area contributed by atoms with Crippen molar-refractivity contribution < 1.29 is 14.3 Å². The van der Waals surface area contributed by atoms with Gasteiger partial charge >= 0.3 is 6.09 Å². The molecule has 3 rings (SSSR count). The Kier molecular flexibility index (Phi) is 6.69. The number of amides is 2. The van der Waals surface area contributed by atoms with E-state index in [9.17, 15) is 9.59 Å². The van der Waals surface area contributed by atoms with Crippen molar-refractivity contribution in [1.29, 1.82) is 0 Å². The van der Waals surface area contributed by atoms with Crippen molar-refractivity contribution in [2.24, 2.45) is 0 Å². The van der Waals surface area contributed by atoms with Gasteiger partial charge in [0.2, 0.25) is 0 Å². The molecule has 1 aliphatic heterocycles. The van der Waals surface area contributed by atoms with Crippen LogP contribution in [0.1, 0.15) is 41.3 Å². The van der Waals surface area contributed by atoms with E-state index in [-0.39, 0.29) is 18.0 Å². The molecule has 154 valence electrons. The molecule has 7 heteroatoms. The Labute approximate surface area is 171 Å². The maximum absolute atomic E-state index is 12.9. The average molecular weight is 396 g/mol. The topological polar surface area (TPSA) is 83.6 Å². The lowest BCUT2D eigenvalue weighted by Gasteiger charge is -2.31. The smallest absolute Gasteiger partial charge is 0.409 e. The van der Waals surface area contributed by atoms with Gasteiger partial charge in [-0.25, -0.2) is 9.78 Å². The highest BCUT2D eigenvalue weighted by Gasteiger charge is 2.25. The van der Waals surface area contributed by atoms with Crippen LogP contribution in [0.3, 0.4) is 0 Å². The molecule has 0 bridgehead atoms. The van der Waals surface area contributed by atoms with E-state index in [2.05, 4.69) is 28.6 Å². The van der Waals surface area contributed by atoms with Gasteiger partial charge in [0.1, 0.15) is 5.82 Å². The molecule has 7 nitrogen and oxygen atoms in total. The van der Waals surface area contributed by atoms with Crippen LogP contribution in [-0.4, -0.2) is 47.6 Å². The van der Waals surface area contributed by atoms with Crippen LogP contribution in [0.15, 0.2) is 36.5 Å². The van der Waals surface area contributed by atoms with Gasteiger partial charge in [-0.1, -0.05) is 12.1 Å². The SMILES string of the molecule is CCOC(=O)N1CCC(NC(=O)c2cccnc2Nc2cccc(C)c2C)CC1. The number of hydrogen-bond acceptors (Lipinski definition) is 5. The highest BCUT2D eigenvalue weighted by Crippen LogP contribution is 2.24. The summed E-state index contributed by atoms with van der Waals surface area (Å²) < 4.78 is 5.04. The minimum atomic E-state index is -0.287. The number of nitrogens with zero attached hydrogens (tertiary/aromatic N) is 2. The molecule has 1 aromatic carbocycles. The fraction of sp³-hybridized carbons (Fsp3) is 0.409. The Morgan fingerprint density at radius 3 is 2.66 bits per heavy atom. The number of likely N-dealkylation sites (tertiary alicyclic amines) is 1. The van der Waals surface area contributed by atoms with E-state index in [4.69, 9.17) is 4.74 Å². The molecule has 1 aromatic heterocycles. The fourth-order valence-corrected chi connectivity index (χ4v) is 3.39. The molecular weight excluding hydrogens is 368 g/mol. The van der Waals surface area contributed by atoms with Crippen LogP contribution < -0.4 is 10.6 Å². The number of nitrogens with one attached hydrogen (secondary N) is 2. The summed E-state index contributed by atoms with van der Waals surface area (Å²) in [7, 11) is 0. The number of piperidine rings is 1. The third-order valence-corrected chi connectivity index (χ3v) is 5.27. The van der Waals surface area contributed by atoms with Crippen molar-refractivity contribution in [2.45, 2.75) is 39.7 Å². The molecule has 2 aromatic rings. The molecule has 1 saturated heterocycles. The third kappa shape index (κ3) is 5.04. The predicted molar refractivity (Wildman–Crippen MR) is 113 cm³/mol. The normalized spacial score (nSPS) is 14.4. The van der Waals surface area contributed by atoms with Gasteiger partial charge in [0.05, 0.1) is 12.2 Å².